The molecule has 29 heavy (non-hydrogen) atoms. The van der Waals surface area contributed by atoms with E-state index in [0.29, 0.717) is 24.0 Å². The van der Waals surface area contributed by atoms with Crippen LogP contribution in [0.2, 0.25) is 0 Å². The summed E-state index contributed by atoms with van der Waals surface area (Å²) in [7, 11) is 3.22. The molecule has 152 valence electrons. The van der Waals surface area contributed by atoms with Crippen molar-refractivity contribution >= 4 is 16.7 Å². The molecule has 8 heteroatoms. The summed E-state index contributed by atoms with van der Waals surface area (Å²) in [4.78, 5) is 23.2. The smallest absolute Gasteiger partial charge is 0.292 e. The highest BCUT2D eigenvalue weighted by Crippen LogP contribution is 2.35. The van der Waals surface area contributed by atoms with E-state index in [1.165, 1.54) is 6.07 Å². The van der Waals surface area contributed by atoms with Crippen LogP contribution < -0.4 is 19.9 Å². The number of piperidine rings is 1. The van der Waals surface area contributed by atoms with E-state index >= 15 is 0 Å². The van der Waals surface area contributed by atoms with Gasteiger partial charge in [-0.3, -0.25) is 4.79 Å². The van der Waals surface area contributed by atoms with Crippen LogP contribution in [-0.2, 0) is 6.54 Å². The van der Waals surface area contributed by atoms with Gasteiger partial charge >= 0.3 is 0 Å². The Morgan fingerprint density at radius 3 is 2.59 bits per heavy atom. The van der Waals surface area contributed by atoms with Gasteiger partial charge in [0.1, 0.15) is 12.1 Å². The molecule has 1 aliphatic heterocycles. The number of methoxy groups -OCH3 is 2. The first-order chi connectivity index (χ1) is 14.1. The number of rotatable bonds is 5. The summed E-state index contributed by atoms with van der Waals surface area (Å²) in [5.41, 5.74) is 0.471. The van der Waals surface area contributed by atoms with Crippen molar-refractivity contribution in [3.63, 3.8) is 0 Å². The van der Waals surface area contributed by atoms with Crippen molar-refractivity contribution in [3.05, 3.63) is 47.1 Å². The van der Waals surface area contributed by atoms with Gasteiger partial charge in [0.25, 0.3) is 5.56 Å². The topological polar surface area (TPSA) is 89.7 Å². The summed E-state index contributed by atoms with van der Waals surface area (Å²) in [5.74, 6) is 2.33. The Labute approximate surface area is 168 Å². The van der Waals surface area contributed by atoms with E-state index in [-0.39, 0.29) is 11.3 Å². The summed E-state index contributed by atoms with van der Waals surface area (Å²) < 4.78 is 12.4. The molecule has 2 aromatic heterocycles. The maximum absolute atomic E-state index is 12.1. The van der Waals surface area contributed by atoms with Crippen LogP contribution in [0.3, 0.4) is 0 Å². The molecule has 1 saturated heterocycles. The Bertz CT molecular complexity index is 1070. The van der Waals surface area contributed by atoms with Crippen molar-refractivity contribution in [2.75, 3.05) is 32.2 Å². The number of hydrogen-bond acceptors (Lipinski definition) is 7. The molecule has 1 aromatic carbocycles. The van der Waals surface area contributed by atoms with Gasteiger partial charge in [-0.05, 0) is 37.0 Å². The van der Waals surface area contributed by atoms with Crippen LogP contribution in [0, 0.1) is 5.92 Å². The molecule has 1 fully saturated rings. The molecule has 3 heterocycles. The first kappa shape index (κ1) is 19.0. The molecule has 0 saturated carbocycles. The fourth-order valence-electron chi connectivity index (χ4n) is 3.89. The zero-order chi connectivity index (χ0) is 20.4. The molecule has 8 nitrogen and oxygen atoms in total. The quantitative estimate of drug-likeness (QED) is 0.708. The molecule has 1 N–H and O–H groups in total. The molecule has 0 atom stereocenters. The van der Waals surface area contributed by atoms with Crippen molar-refractivity contribution in [3.8, 4) is 17.2 Å². The highest BCUT2D eigenvalue weighted by molar-refractivity contribution is 5.92. The molecule has 0 unspecified atom stereocenters. The van der Waals surface area contributed by atoms with Crippen LogP contribution in [-0.4, -0.2) is 47.0 Å². The zero-order valence-electron chi connectivity index (χ0n) is 16.5. The van der Waals surface area contributed by atoms with E-state index in [1.807, 2.05) is 12.1 Å². The minimum atomic E-state index is -0.335. The fraction of sp³-hybridized carbons (Fsp3) is 0.381. The van der Waals surface area contributed by atoms with Crippen LogP contribution in [0.25, 0.3) is 10.9 Å². The second-order valence-electron chi connectivity index (χ2n) is 7.20. The molecule has 3 aromatic rings. The molecular weight excluding hydrogens is 372 g/mol. The maximum atomic E-state index is 12.1. The average molecular weight is 396 g/mol. The Morgan fingerprint density at radius 1 is 1.14 bits per heavy atom. The largest absolute Gasteiger partial charge is 0.503 e. The standard InChI is InChI=1S/C21H24N4O4/c1-28-18-10-15-16(11-19(18)29-2)22-13-23-20(15)24-8-5-14(6-9-24)12-25-7-3-4-17(26)21(25)27/h3-4,7,10-11,13-14,26H,5-6,8-9,12H2,1-2H3. The minimum absolute atomic E-state index is 0.207. The number of pyridine rings is 1. The molecule has 0 spiro atoms. The first-order valence-corrected chi connectivity index (χ1v) is 9.60. The highest BCUT2D eigenvalue weighted by Gasteiger charge is 2.23. The third kappa shape index (κ3) is 3.70. The van der Waals surface area contributed by atoms with E-state index in [1.54, 1.807) is 37.4 Å². The normalized spacial score (nSPS) is 14.9. The number of ether oxygens (including phenoxy) is 2. The lowest BCUT2D eigenvalue weighted by Gasteiger charge is -2.33. The molecule has 0 aliphatic carbocycles. The predicted molar refractivity (Wildman–Crippen MR) is 110 cm³/mol. The molecule has 1 aliphatic rings. The van der Waals surface area contributed by atoms with Gasteiger partial charge in [0.15, 0.2) is 17.2 Å². The van der Waals surface area contributed by atoms with Crippen molar-refractivity contribution in [1.29, 1.82) is 0 Å². The SMILES string of the molecule is COc1cc2ncnc(N3CCC(Cn4cccc(O)c4=O)CC3)c2cc1OC. The van der Waals surface area contributed by atoms with Gasteiger partial charge in [0.2, 0.25) is 0 Å². The molecule has 0 radical (unpaired) electrons. The Kier molecular flexibility index (Phi) is 5.24. The second kappa shape index (κ2) is 7.98. The Morgan fingerprint density at radius 2 is 1.86 bits per heavy atom. The van der Waals surface area contributed by atoms with Gasteiger partial charge in [-0.25, -0.2) is 9.97 Å². The lowest BCUT2D eigenvalue weighted by atomic mass is 9.96. The first-order valence-electron chi connectivity index (χ1n) is 9.60. The van der Waals surface area contributed by atoms with Crippen molar-refractivity contribution in [2.24, 2.45) is 5.92 Å². The lowest BCUT2D eigenvalue weighted by Crippen LogP contribution is -2.36. The number of nitrogens with zero attached hydrogens (tertiary/aromatic N) is 4. The zero-order valence-corrected chi connectivity index (χ0v) is 16.5. The molecule has 4 rings (SSSR count). The third-order valence-corrected chi connectivity index (χ3v) is 5.49. The van der Waals surface area contributed by atoms with Crippen LogP contribution >= 0.6 is 0 Å². The predicted octanol–water partition coefficient (Wildman–Crippen LogP) is 2.43. The number of fused-ring (bicyclic) bond motifs is 1. The van der Waals surface area contributed by atoms with E-state index < -0.39 is 0 Å². The van der Waals surface area contributed by atoms with Crippen LogP contribution in [0.15, 0.2) is 41.6 Å². The van der Waals surface area contributed by atoms with Gasteiger partial charge in [0, 0.05) is 37.3 Å². The van der Waals surface area contributed by atoms with Crippen LogP contribution in [0.5, 0.6) is 17.2 Å². The van der Waals surface area contributed by atoms with E-state index in [0.717, 1.165) is 42.7 Å². The van der Waals surface area contributed by atoms with E-state index in [2.05, 4.69) is 14.9 Å². The summed E-state index contributed by atoms with van der Waals surface area (Å²) in [5, 5.41) is 10.5. The highest BCUT2D eigenvalue weighted by atomic mass is 16.5. The second-order valence-corrected chi connectivity index (χ2v) is 7.20. The summed E-state index contributed by atoms with van der Waals surface area (Å²) >= 11 is 0. The number of aromatic nitrogens is 3. The van der Waals surface area contributed by atoms with E-state index in [9.17, 15) is 9.90 Å². The Balaban J connectivity index is 1.53. The molecule has 0 amide bonds. The van der Waals surface area contributed by atoms with Gasteiger partial charge in [-0.2, -0.15) is 0 Å². The van der Waals surface area contributed by atoms with Gasteiger partial charge < -0.3 is 24.0 Å². The van der Waals surface area contributed by atoms with Crippen LogP contribution in [0.1, 0.15) is 12.8 Å². The Hall–Kier alpha value is -3.29. The van der Waals surface area contributed by atoms with E-state index in [4.69, 9.17) is 9.47 Å². The van der Waals surface area contributed by atoms with Crippen molar-refractivity contribution < 1.29 is 14.6 Å². The number of hydrogen-bond donors (Lipinski definition) is 1. The maximum Gasteiger partial charge on any atom is 0.292 e. The van der Waals surface area contributed by atoms with Gasteiger partial charge in [-0.1, -0.05) is 0 Å². The van der Waals surface area contributed by atoms with Crippen LogP contribution in [0.4, 0.5) is 5.82 Å². The van der Waals surface area contributed by atoms with Crippen molar-refractivity contribution in [2.45, 2.75) is 19.4 Å². The summed E-state index contributed by atoms with van der Waals surface area (Å²) in [6.45, 7) is 2.27. The number of benzene rings is 1. The monoisotopic (exact) mass is 396 g/mol. The molecular formula is C21H24N4O4. The lowest BCUT2D eigenvalue weighted by molar-refractivity contribution is 0.347. The third-order valence-electron chi connectivity index (χ3n) is 5.49. The molecule has 0 bridgehead atoms. The van der Waals surface area contributed by atoms with Crippen molar-refractivity contribution in [1.82, 2.24) is 14.5 Å². The minimum Gasteiger partial charge on any atom is -0.503 e. The average Bonchev–Trinajstić information content (AvgIpc) is 2.76. The summed E-state index contributed by atoms with van der Waals surface area (Å²) in [6.07, 6.45) is 5.16. The van der Waals surface area contributed by atoms with Gasteiger partial charge in [-0.15, -0.1) is 0 Å². The van der Waals surface area contributed by atoms with Gasteiger partial charge in [0.05, 0.1) is 19.7 Å². The summed E-state index contributed by atoms with van der Waals surface area (Å²) in [6, 6.07) is 6.90. The fourth-order valence-corrected chi connectivity index (χ4v) is 3.89. The number of aromatic hydroxyl groups is 1. The number of anilines is 1.